The summed E-state index contributed by atoms with van der Waals surface area (Å²) in [6.07, 6.45) is 1.67. The highest BCUT2D eigenvalue weighted by atomic mass is 32.2. The number of nitrogens with zero attached hydrogens (tertiary/aromatic N) is 2. The number of aryl methyl sites for hydroxylation is 2. The quantitative estimate of drug-likeness (QED) is 0.659. The number of carbonyl (C=O) groups is 1. The lowest BCUT2D eigenvalue weighted by Gasteiger charge is -2.26. The highest BCUT2D eigenvalue weighted by molar-refractivity contribution is 7.99. The number of nitrogens with one attached hydrogen (secondary N) is 2. The minimum absolute atomic E-state index is 0.163. The molecule has 2 aromatic carbocycles. The van der Waals surface area contributed by atoms with Crippen LogP contribution in [0.3, 0.4) is 0 Å². The van der Waals surface area contributed by atoms with Crippen molar-refractivity contribution in [1.82, 2.24) is 14.5 Å². The molecular weight excluding hydrogens is 396 g/mol. The smallest absolute Gasteiger partial charge is 0.322 e. The van der Waals surface area contributed by atoms with E-state index >= 15 is 0 Å². The van der Waals surface area contributed by atoms with Crippen LogP contribution in [0.15, 0.2) is 53.5 Å². The van der Waals surface area contributed by atoms with E-state index in [1.807, 2.05) is 31.7 Å². The van der Waals surface area contributed by atoms with E-state index in [4.69, 9.17) is 0 Å². The molecule has 30 heavy (non-hydrogen) atoms. The molecular formula is C23H26N4O2S. The maximum Gasteiger partial charge on any atom is 0.330 e. The summed E-state index contributed by atoms with van der Waals surface area (Å²) in [5.41, 5.74) is 5.05. The summed E-state index contributed by atoms with van der Waals surface area (Å²) < 4.78 is 1.57. The average Bonchev–Trinajstić information content (AvgIpc) is 3.09. The van der Waals surface area contributed by atoms with E-state index in [0.29, 0.717) is 5.56 Å². The van der Waals surface area contributed by atoms with Crippen LogP contribution in [0.25, 0.3) is 5.69 Å². The molecule has 3 aromatic rings. The molecule has 1 aromatic heterocycles. The van der Waals surface area contributed by atoms with Gasteiger partial charge < -0.3 is 10.3 Å². The lowest BCUT2D eigenvalue weighted by atomic mass is 10.1. The van der Waals surface area contributed by atoms with Gasteiger partial charge in [0.2, 0.25) is 0 Å². The summed E-state index contributed by atoms with van der Waals surface area (Å²) in [5.74, 6) is 2.23. The van der Waals surface area contributed by atoms with E-state index < -0.39 is 0 Å². The average molecular weight is 423 g/mol. The highest BCUT2D eigenvalue weighted by Crippen LogP contribution is 2.20. The highest BCUT2D eigenvalue weighted by Gasteiger charge is 2.13. The van der Waals surface area contributed by atoms with E-state index in [2.05, 4.69) is 27.3 Å². The first-order chi connectivity index (χ1) is 14.5. The third-order valence-electron chi connectivity index (χ3n) is 5.40. The van der Waals surface area contributed by atoms with Crippen molar-refractivity contribution in [1.29, 1.82) is 0 Å². The zero-order chi connectivity index (χ0) is 21.1. The van der Waals surface area contributed by atoms with Gasteiger partial charge in [0.05, 0.1) is 5.69 Å². The third-order valence-corrected chi connectivity index (χ3v) is 6.34. The number of amides is 1. The Morgan fingerprint density at radius 3 is 2.47 bits per heavy atom. The fourth-order valence-electron chi connectivity index (χ4n) is 3.71. The first-order valence-corrected chi connectivity index (χ1v) is 11.3. The molecule has 0 radical (unpaired) electrons. The summed E-state index contributed by atoms with van der Waals surface area (Å²) in [6.45, 7) is 7.10. The van der Waals surface area contributed by atoms with E-state index in [1.54, 1.807) is 35.0 Å². The number of thioether (sulfide) groups is 1. The molecule has 0 saturated carbocycles. The molecule has 156 valence electrons. The van der Waals surface area contributed by atoms with Crippen molar-refractivity contribution < 1.29 is 4.79 Å². The van der Waals surface area contributed by atoms with E-state index in [-0.39, 0.29) is 11.6 Å². The molecule has 1 fully saturated rings. The van der Waals surface area contributed by atoms with Crippen molar-refractivity contribution in [3.8, 4) is 5.69 Å². The summed E-state index contributed by atoms with van der Waals surface area (Å²) in [6, 6.07) is 13.3. The number of H-pyrrole nitrogens is 1. The van der Waals surface area contributed by atoms with Crippen LogP contribution >= 0.6 is 11.8 Å². The number of hydrogen-bond donors (Lipinski definition) is 2. The molecule has 1 amide bonds. The van der Waals surface area contributed by atoms with E-state index in [0.717, 1.165) is 42.3 Å². The molecule has 4 rings (SSSR count). The van der Waals surface area contributed by atoms with Gasteiger partial charge in [0.1, 0.15) is 0 Å². The molecule has 0 atom stereocenters. The van der Waals surface area contributed by atoms with Crippen LogP contribution in [0.1, 0.15) is 27.2 Å². The normalized spacial score (nSPS) is 14.6. The Kier molecular flexibility index (Phi) is 6.11. The van der Waals surface area contributed by atoms with Crippen LogP contribution in [0.5, 0.6) is 0 Å². The molecule has 1 aliphatic heterocycles. The number of benzene rings is 2. The lowest BCUT2D eigenvalue weighted by molar-refractivity contribution is 0.102. The van der Waals surface area contributed by atoms with Crippen molar-refractivity contribution >= 4 is 23.4 Å². The zero-order valence-corrected chi connectivity index (χ0v) is 18.1. The zero-order valence-electron chi connectivity index (χ0n) is 17.3. The second kappa shape index (κ2) is 8.93. The largest absolute Gasteiger partial charge is 0.330 e. The predicted molar refractivity (Wildman–Crippen MR) is 123 cm³/mol. The summed E-state index contributed by atoms with van der Waals surface area (Å²) in [7, 11) is 0. The van der Waals surface area contributed by atoms with Crippen LogP contribution in [0.4, 0.5) is 5.69 Å². The second-order valence-electron chi connectivity index (χ2n) is 7.61. The van der Waals surface area contributed by atoms with Gasteiger partial charge in [-0.1, -0.05) is 12.1 Å². The second-order valence-corrected chi connectivity index (χ2v) is 8.83. The standard InChI is InChI=1S/C23H26N4O2S/c1-16-13-18(15-26-9-11-30-12-10-26)3-8-21(16)25-22(28)19-4-6-20(7-5-19)27-17(2)14-24-23(27)29/h3-8,13-14H,9-12,15H2,1-2H3,(H,24,29)(H,25,28). The van der Waals surface area contributed by atoms with Gasteiger partial charge in [-0.15, -0.1) is 0 Å². The van der Waals surface area contributed by atoms with Gasteiger partial charge in [0.25, 0.3) is 5.91 Å². The van der Waals surface area contributed by atoms with Crippen LogP contribution in [-0.4, -0.2) is 45.0 Å². The fraction of sp³-hybridized carbons (Fsp3) is 0.304. The Morgan fingerprint density at radius 2 is 1.83 bits per heavy atom. The Bertz CT molecular complexity index is 1100. The van der Waals surface area contributed by atoms with E-state index in [1.165, 1.54) is 17.1 Å². The van der Waals surface area contributed by atoms with Crippen LogP contribution < -0.4 is 11.0 Å². The molecule has 0 unspecified atom stereocenters. The molecule has 0 aliphatic carbocycles. The molecule has 2 N–H and O–H groups in total. The number of rotatable bonds is 5. The Morgan fingerprint density at radius 1 is 1.10 bits per heavy atom. The SMILES string of the molecule is Cc1cc(CN2CCSCC2)ccc1NC(=O)c1ccc(-n2c(C)c[nH]c2=O)cc1. The summed E-state index contributed by atoms with van der Waals surface area (Å²) in [5, 5.41) is 3.00. The summed E-state index contributed by atoms with van der Waals surface area (Å²) in [4.78, 5) is 29.8. The number of carbonyl (C=O) groups excluding carboxylic acids is 1. The van der Waals surface area contributed by atoms with Crippen molar-refractivity contribution in [2.45, 2.75) is 20.4 Å². The third kappa shape index (κ3) is 4.52. The van der Waals surface area contributed by atoms with Crippen molar-refractivity contribution in [2.75, 3.05) is 29.9 Å². The van der Waals surface area contributed by atoms with Gasteiger partial charge in [0.15, 0.2) is 0 Å². The topological polar surface area (TPSA) is 70.1 Å². The van der Waals surface area contributed by atoms with E-state index in [9.17, 15) is 9.59 Å². The van der Waals surface area contributed by atoms with Crippen LogP contribution in [-0.2, 0) is 6.54 Å². The predicted octanol–water partition coefficient (Wildman–Crippen LogP) is 3.58. The molecule has 2 heterocycles. The van der Waals surface area contributed by atoms with Crippen molar-refractivity contribution in [3.05, 3.63) is 81.5 Å². The van der Waals surface area contributed by atoms with Gasteiger partial charge in [-0.05, 0) is 55.3 Å². The fourth-order valence-corrected chi connectivity index (χ4v) is 4.69. The number of imidazole rings is 1. The van der Waals surface area contributed by atoms with Gasteiger partial charge in [-0.2, -0.15) is 11.8 Å². The van der Waals surface area contributed by atoms with Gasteiger partial charge >= 0.3 is 5.69 Å². The van der Waals surface area contributed by atoms with Gasteiger partial charge in [0, 0.05) is 54.3 Å². The molecule has 0 bridgehead atoms. The molecule has 0 spiro atoms. The molecule has 6 nitrogen and oxygen atoms in total. The monoisotopic (exact) mass is 422 g/mol. The van der Waals surface area contributed by atoms with Gasteiger partial charge in [-0.3, -0.25) is 14.3 Å². The van der Waals surface area contributed by atoms with Gasteiger partial charge in [-0.25, -0.2) is 4.79 Å². The molecule has 1 saturated heterocycles. The van der Waals surface area contributed by atoms with Crippen LogP contribution in [0.2, 0.25) is 0 Å². The molecule has 1 aliphatic rings. The Hall–Kier alpha value is -2.77. The Balaban J connectivity index is 1.44. The maximum absolute atomic E-state index is 12.7. The summed E-state index contributed by atoms with van der Waals surface area (Å²) >= 11 is 2.01. The number of hydrogen-bond acceptors (Lipinski definition) is 4. The first-order valence-electron chi connectivity index (χ1n) is 10.1. The van der Waals surface area contributed by atoms with Crippen LogP contribution in [0, 0.1) is 13.8 Å². The minimum atomic E-state index is -0.191. The maximum atomic E-state index is 12.7. The molecule has 7 heteroatoms. The number of aromatic nitrogens is 2. The van der Waals surface area contributed by atoms with Crippen molar-refractivity contribution in [3.63, 3.8) is 0 Å². The lowest BCUT2D eigenvalue weighted by Crippen LogP contribution is -2.31. The minimum Gasteiger partial charge on any atom is -0.322 e. The Labute approximate surface area is 180 Å². The number of aromatic amines is 1. The van der Waals surface area contributed by atoms with Crippen molar-refractivity contribution in [2.24, 2.45) is 0 Å². The number of anilines is 1. The first kappa shape index (κ1) is 20.5.